The third-order valence-corrected chi connectivity index (χ3v) is 5.21. The highest BCUT2D eigenvalue weighted by Gasteiger charge is 2.17. The van der Waals surface area contributed by atoms with Crippen LogP contribution in [0.15, 0.2) is 92.3 Å². The van der Waals surface area contributed by atoms with Crippen LogP contribution in [-0.4, -0.2) is 16.5 Å². The van der Waals surface area contributed by atoms with Crippen LogP contribution in [0.2, 0.25) is 0 Å². The summed E-state index contributed by atoms with van der Waals surface area (Å²) in [6.07, 6.45) is 3.36. The molecule has 7 nitrogen and oxygen atoms in total. The first kappa shape index (κ1) is 25.7. The van der Waals surface area contributed by atoms with Crippen molar-refractivity contribution in [1.29, 1.82) is 5.26 Å². The summed E-state index contributed by atoms with van der Waals surface area (Å²) < 4.78 is 0. The Hall–Kier alpha value is -4.93. The summed E-state index contributed by atoms with van der Waals surface area (Å²) in [5.41, 5.74) is 23.5. The van der Waals surface area contributed by atoms with E-state index in [4.69, 9.17) is 22.2 Å². The molecule has 0 aliphatic rings. The van der Waals surface area contributed by atoms with Gasteiger partial charge in [-0.25, -0.2) is 4.98 Å². The first-order valence-electron chi connectivity index (χ1n) is 11.3. The number of hydrogen-bond acceptors (Lipinski definition) is 7. The second-order valence-electron chi connectivity index (χ2n) is 7.83. The van der Waals surface area contributed by atoms with Crippen LogP contribution in [0.25, 0.3) is 33.8 Å². The standard InChI is InChI=1S/C27H22N6.C2H7N/c1-17(29)20-6-5-7-21(14-20)23-15-26(22-8-3-4-9-25(22)30)33-27(24(23)16-28)32-18(2)19-10-12-31-13-11-19;1-2-3/h3-15H,1-2,29-30H2,(H,32,33);2-3H2,1H3. The molecular formula is C29H29N7. The molecule has 4 aromatic rings. The minimum absolute atomic E-state index is 0.378. The number of nitriles is 1. The van der Waals surface area contributed by atoms with Gasteiger partial charge in [-0.15, -0.1) is 0 Å². The molecule has 2 heterocycles. The van der Waals surface area contributed by atoms with Crippen molar-refractivity contribution in [2.75, 3.05) is 17.6 Å². The molecule has 0 amide bonds. The van der Waals surface area contributed by atoms with Crippen molar-refractivity contribution in [3.63, 3.8) is 0 Å². The van der Waals surface area contributed by atoms with Crippen molar-refractivity contribution in [3.05, 3.63) is 109 Å². The van der Waals surface area contributed by atoms with E-state index in [0.29, 0.717) is 39.7 Å². The molecule has 0 atom stereocenters. The Balaban J connectivity index is 0.00000115. The maximum absolute atomic E-state index is 10.1. The predicted octanol–water partition coefficient (Wildman–Crippen LogP) is 5.24. The summed E-state index contributed by atoms with van der Waals surface area (Å²) in [5, 5.41) is 13.3. The number of benzene rings is 2. The Morgan fingerprint density at radius 1 is 0.972 bits per heavy atom. The highest BCUT2D eigenvalue weighted by Crippen LogP contribution is 2.35. The molecule has 0 bridgehead atoms. The SMILES string of the molecule is C=C(N)c1cccc(-c2cc(-c3ccccc3N)nc(NC(=C)c3ccncc3)c2C#N)c1.CCN. The fraction of sp³-hybridized carbons (Fsp3) is 0.0690. The van der Waals surface area contributed by atoms with Crippen LogP contribution in [0.4, 0.5) is 11.5 Å². The third-order valence-electron chi connectivity index (χ3n) is 5.21. The van der Waals surface area contributed by atoms with Crippen molar-refractivity contribution >= 4 is 22.9 Å². The Labute approximate surface area is 211 Å². The Morgan fingerprint density at radius 3 is 2.31 bits per heavy atom. The first-order chi connectivity index (χ1) is 17.4. The van der Waals surface area contributed by atoms with E-state index in [0.717, 1.165) is 28.8 Å². The van der Waals surface area contributed by atoms with Gasteiger partial charge in [-0.1, -0.05) is 56.5 Å². The van der Waals surface area contributed by atoms with Crippen molar-refractivity contribution in [2.24, 2.45) is 11.5 Å². The summed E-state index contributed by atoms with van der Waals surface area (Å²) in [6.45, 7) is 10.6. The summed E-state index contributed by atoms with van der Waals surface area (Å²) in [5.74, 6) is 0.382. The van der Waals surface area contributed by atoms with Gasteiger partial charge in [0, 0.05) is 46.2 Å². The van der Waals surface area contributed by atoms with Crippen LogP contribution in [0.5, 0.6) is 0 Å². The van der Waals surface area contributed by atoms with Gasteiger partial charge in [0.1, 0.15) is 17.5 Å². The highest BCUT2D eigenvalue weighted by atomic mass is 15.0. The summed E-state index contributed by atoms with van der Waals surface area (Å²) in [7, 11) is 0. The third kappa shape index (κ3) is 5.95. The van der Waals surface area contributed by atoms with Crippen molar-refractivity contribution in [2.45, 2.75) is 6.92 Å². The number of hydrogen-bond donors (Lipinski definition) is 4. The number of nitrogens with two attached hydrogens (primary N) is 3. The molecule has 0 spiro atoms. The Morgan fingerprint density at radius 2 is 1.67 bits per heavy atom. The van der Waals surface area contributed by atoms with Gasteiger partial charge in [0.15, 0.2) is 0 Å². The zero-order chi connectivity index (χ0) is 26.1. The first-order valence-corrected chi connectivity index (χ1v) is 11.3. The van der Waals surface area contributed by atoms with E-state index in [9.17, 15) is 5.26 Å². The van der Waals surface area contributed by atoms with Gasteiger partial charge in [0.2, 0.25) is 0 Å². The summed E-state index contributed by atoms with van der Waals surface area (Å²) in [6, 6.07) is 22.9. The minimum atomic E-state index is 0.378. The molecule has 2 aromatic heterocycles. The quantitative estimate of drug-likeness (QED) is 0.279. The van der Waals surface area contributed by atoms with Crippen LogP contribution in [0.3, 0.4) is 0 Å². The molecular weight excluding hydrogens is 446 g/mol. The lowest BCUT2D eigenvalue weighted by molar-refractivity contribution is 1.14. The van der Waals surface area contributed by atoms with Crippen LogP contribution < -0.4 is 22.5 Å². The van der Waals surface area contributed by atoms with E-state index in [2.05, 4.69) is 29.5 Å². The van der Waals surface area contributed by atoms with Gasteiger partial charge in [0.25, 0.3) is 0 Å². The molecule has 7 heteroatoms. The molecule has 4 rings (SSSR count). The van der Waals surface area contributed by atoms with Crippen LogP contribution in [0, 0.1) is 11.3 Å². The molecule has 0 unspecified atom stereocenters. The van der Waals surface area contributed by atoms with Gasteiger partial charge in [-0.3, -0.25) is 4.98 Å². The molecule has 2 aromatic carbocycles. The van der Waals surface area contributed by atoms with E-state index in [1.807, 2.05) is 73.7 Å². The summed E-state index contributed by atoms with van der Waals surface area (Å²) in [4.78, 5) is 8.79. The molecule has 0 saturated carbocycles. The number of nitrogens with zero attached hydrogens (tertiary/aromatic N) is 3. The van der Waals surface area contributed by atoms with E-state index < -0.39 is 0 Å². The van der Waals surface area contributed by atoms with E-state index in [1.165, 1.54) is 0 Å². The molecule has 7 N–H and O–H groups in total. The smallest absolute Gasteiger partial charge is 0.149 e. The molecule has 36 heavy (non-hydrogen) atoms. The average Bonchev–Trinajstić information content (AvgIpc) is 2.89. The average molecular weight is 476 g/mol. The summed E-state index contributed by atoms with van der Waals surface area (Å²) >= 11 is 0. The fourth-order valence-corrected chi connectivity index (χ4v) is 3.50. The van der Waals surface area contributed by atoms with Gasteiger partial charge in [0.05, 0.1) is 5.69 Å². The molecule has 0 aliphatic carbocycles. The van der Waals surface area contributed by atoms with Crippen molar-refractivity contribution < 1.29 is 0 Å². The Bertz CT molecular complexity index is 1420. The minimum Gasteiger partial charge on any atom is -0.399 e. The molecule has 180 valence electrons. The van der Waals surface area contributed by atoms with Crippen molar-refractivity contribution in [1.82, 2.24) is 9.97 Å². The second-order valence-corrected chi connectivity index (χ2v) is 7.83. The second kappa shape index (κ2) is 12.0. The zero-order valence-corrected chi connectivity index (χ0v) is 20.2. The van der Waals surface area contributed by atoms with E-state index >= 15 is 0 Å². The van der Waals surface area contributed by atoms with Crippen LogP contribution in [0.1, 0.15) is 23.6 Å². The molecule has 0 radical (unpaired) electrons. The monoisotopic (exact) mass is 475 g/mol. The number of nitrogens with one attached hydrogen (secondary N) is 1. The number of anilines is 2. The largest absolute Gasteiger partial charge is 0.399 e. The topological polar surface area (TPSA) is 140 Å². The van der Waals surface area contributed by atoms with Gasteiger partial charge >= 0.3 is 0 Å². The van der Waals surface area contributed by atoms with Crippen LogP contribution >= 0.6 is 0 Å². The molecule has 0 saturated heterocycles. The number of aromatic nitrogens is 2. The lowest BCUT2D eigenvalue weighted by Crippen LogP contribution is -2.05. The van der Waals surface area contributed by atoms with Gasteiger partial charge in [-0.2, -0.15) is 5.26 Å². The molecule has 0 aliphatic heterocycles. The van der Waals surface area contributed by atoms with Crippen molar-refractivity contribution in [3.8, 4) is 28.5 Å². The maximum Gasteiger partial charge on any atom is 0.149 e. The number of pyridine rings is 2. The Kier molecular flexibility index (Phi) is 8.54. The highest BCUT2D eigenvalue weighted by molar-refractivity contribution is 5.87. The molecule has 0 fully saturated rings. The van der Waals surface area contributed by atoms with Gasteiger partial charge < -0.3 is 22.5 Å². The van der Waals surface area contributed by atoms with Gasteiger partial charge in [-0.05, 0) is 48.0 Å². The van der Waals surface area contributed by atoms with E-state index in [-0.39, 0.29) is 0 Å². The lowest BCUT2D eigenvalue weighted by Gasteiger charge is -2.16. The maximum atomic E-state index is 10.1. The van der Waals surface area contributed by atoms with Crippen LogP contribution in [-0.2, 0) is 0 Å². The zero-order valence-electron chi connectivity index (χ0n) is 20.2. The predicted molar refractivity (Wildman–Crippen MR) is 149 cm³/mol. The number of rotatable bonds is 6. The lowest BCUT2D eigenvalue weighted by atomic mass is 9.96. The number of para-hydroxylation sites is 1. The van der Waals surface area contributed by atoms with E-state index in [1.54, 1.807) is 12.4 Å². The normalized spacial score (nSPS) is 9.92. The number of nitrogen functional groups attached to an aromatic ring is 1. The fourth-order valence-electron chi connectivity index (χ4n) is 3.50.